The SMILES string of the molecule is Cc1c(Br)c([N+](=O)[O-])nn1CC(=O)Nc1cn(C)nc1C(=O)NCc1ccco1. The average molecular weight is 466 g/mol. The lowest BCUT2D eigenvalue weighted by Crippen LogP contribution is -2.26. The topological polar surface area (TPSA) is 150 Å². The second-order valence-corrected chi connectivity index (χ2v) is 6.81. The fourth-order valence-electron chi connectivity index (χ4n) is 2.52. The Hall–Kier alpha value is -3.48. The van der Waals surface area contributed by atoms with Crippen molar-refractivity contribution in [2.45, 2.75) is 20.0 Å². The number of halogens is 1. The van der Waals surface area contributed by atoms with E-state index in [1.165, 1.54) is 21.8 Å². The van der Waals surface area contributed by atoms with Crippen LogP contribution >= 0.6 is 15.9 Å². The van der Waals surface area contributed by atoms with Gasteiger partial charge in [-0.3, -0.25) is 14.3 Å². The summed E-state index contributed by atoms with van der Waals surface area (Å²) < 4.78 is 7.94. The molecule has 0 spiro atoms. The third-order valence-corrected chi connectivity index (χ3v) is 4.83. The summed E-state index contributed by atoms with van der Waals surface area (Å²) in [6.45, 7) is 1.48. The summed E-state index contributed by atoms with van der Waals surface area (Å²) in [5, 5.41) is 24.1. The molecule has 0 aliphatic rings. The highest BCUT2D eigenvalue weighted by atomic mass is 79.9. The minimum Gasteiger partial charge on any atom is -0.467 e. The molecule has 0 saturated carbocycles. The number of hydrogen-bond acceptors (Lipinski definition) is 7. The minimum atomic E-state index is -0.645. The molecule has 13 heteroatoms. The van der Waals surface area contributed by atoms with Gasteiger partial charge in [0.05, 0.1) is 29.3 Å². The van der Waals surface area contributed by atoms with Crippen LogP contribution < -0.4 is 10.6 Å². The van der Waals surface area contributed by atoms with Gasteiger partial charge >= 0.3 is 5.82 Å². The van der Waals surface area contributed by atoms with E-state index in [9.17, 15) is 19.7 Å². The van der Waals surface area contributed by atoms with E-state index in [2.05, 4.69) is 36.8 Å². The third kappa shape index (κ3) is 4.51. The summed E-state index contributed by atoms with van der Waals surface area (Å²) in [4.78, 5) is 35.2. The van der Waals surface area contributed by atoms with Gasteiger partial charge in [0.2, 0.25) is 5.91 Å². The standard InChI is InChI=1S/C16H16BrN7O5/c1-9-13(17)15(24(27)28)21-23(9)8-12(25)19-11-7-22(2)20-14(11)16(26)18-6-10-4-3-5-29-10/h3-5,7H,6,8H2,1-2H3,(H,18,26)(H,19,25). The smallest absolute Gasteiger partial charge is 0.404 e. The molecule has 3 aromatic rings. The monoisotopic (exact) mass is 465 g/mol. The fraction of sp³-hybridized carbons (Fsp3) is 0.250. The number of aryl methyl sites for hydroxylation is 1. The molecule has 3 aromatic heterocycles. The number of nitrogens with zero attached hydrogens (tertiary/aromatic N) is 5. The molecule has 12 nitrogen and oxygen atoms in total. The molecule has 0 fully saturated rings. The predicted molar refractivity (Wildman–Crippen MR) is 103 cm³/mol. The van der Waals surface area contributed by atoms with Crippen LogP contribution in [0, 0.1) is 17.0 Å². The Morgan fingerprint density at radius 2 is 2.14 bits per heavy atom. The van der Waals surface area contributed by atoms with Crippen molar-refractivity contribution >= 4 is 39.2 Å². The molecule has 0 aliphatic heterocycles. The number of amides is 2. The number of carbonyl (C=O) groups is 2. The molecule has 0 unspecified atom stereocenters. The molecule has 0 radical (unpaired) electrons. The molecule has 0 bridgehead atoms. The molecule has 2 amide bonds. The van der Waals surface area contributed by atoms with Crippen LogP contribution in [0.3, 0.4) is 0 Å². The number of rotatable bonds is 7. The molecule has 3 heterocycles. The molecule has 3 rings (SSSR count). The van der Waals surface area contributed by atoms with Crippen molar-refractivity contribution < 1.29 is 18.9 Å². The first-order valence-corrected chi connectivity index (χ1v) is 9.07. The lowest BCUT2D eigenvalue weighted by atomic mass is 10.3. The first-order valence-electron chi connectivity index (χ1n) is 8.27. The molecule has 152 valence electrons. The first kappa shape index (κ1) is 20.3. The molecule has 0 saturated heterocycles. The van der Waals surface area contributed by atoms with Gasteiger partial charge in [0.25, 0.3) is 5.91 Å². The van der Waals surface area contributed by atoms with Crippen molar-refractivity contribution in [2.75, 3.05) is 5.32 Å². The van der Waals surface area contributed by atoms with Gasteiger partial charge in [0.15, 0.2) is 5.69 Å². The number of aromatic nitrogens is 4. The van der Waals surface area contributed by atoms with Crippen LogP contribution in [-0.4, -0.2) is 36.3 Å². The van der Waals surface area contributed by atoms with Crippen LogP contribution in [0.25, 0.3) is 0 Å². The number of hydrogen-bond donors (Lipinski definition) is 2. The van der Waals surface area contributed by atoms with Crippen molar-refractivity contribution in [1.82, 2.24) is 24.9 Å². The Balaban J connectivity index is 1.70. The van der Waals surface area contributed by atoms with E-state index in [-0.39, 0.29) is 34.8 Å². The maximum Gasteiger partial charge on any atom is 0.404 e. The average Bonchev–Trinajstić information content (AvgIpc) is 3.36. The number of carbonyl (C=O) groups excluding carboxylic acids is 2. The van der Waals surface area contributed by atoms with E-state index >= 15 is 0 Å². The summed E-state index contributed by atoms with van der Waals surface area (Å²) in [6.07, 6.45) is 2.97. The molecular weight excluding hydrogens is 450 g/mol. The minimum absolute atomic E-state index is 0.0248. The van der Waals surface area contributed by atoms with Crippen molar-refractivity contribution in [3.63, 3.8) is 0 Å². The Kier molecular flexibility index (Phi) is 5.77. The second-order valence-electron chi connectivity index (χ2n) is 6.01. The van der Waals surface area contributed by atoms with Crippen molar-refractivity contribution in [3.8, 4) is 0 Å². The van der Waals surface area contributed by atoms with Crippen LogP contribution in [0.15, 0.2) is 33.5 Å². The summed E-state index contributed by atoms with van der Waals surface area (Å²) in [6, 6.07) is 3.42. The molecule has 29 heavy (non-hydrogen) atoms. The van der Waals surface area contributed by atoms with Gasteiger partial charge < -0.3 is 25.2 Å². The Morgan fingerprint density at radius 3 is 2.76 bits per heavy atom. The number of furan rings is 1. The van der Waals surface area contributed by atoms with Gasteiger partial charge in [-0.15, -0.1) is 0 Å². The quantitative estimate of drug-likeness (QED) is 0.398. The molecule has 0 aliphatic carbocycles. The van der Waals surface area contributed by atoms with E-state index in [0.29, 0.717) is 11.5 Å². The van der Waals surface area contributed by atoms with Gasteiger partial charge in [-0.05, 0) is 39.9 Å². The van der Waals surface area contributed by atoms with Crippen molar-refractivity contribution in [1.29, 1.82) is 0 Å². The summed E-state index contributed by atoms with van der Waals surface area (Å²) >= 11 is 3.10. The Labute approximate surface area is 172 Å². The van der Waals surface area contributed by atoms with E-state index < -0.39 is 16.7 Å². The zero-order valence-corrected chi connectivity index (χ0v) is 17.0. The highest BCUT2D eigenvalue weighted by Gasteiger charge is 2.25. The van der Waals surface area contributed by atoms with Gasteiger partial charge in [0.1, 0.15) is 16.8 Å². The van der Waals surface area contributed by atoms with Crippen LogP contribution in [0.1, 0.15) is 21.9 Å². The zero-order chi connectivity index (χ0) is 21.1. The van der Waals surface area contributed by atoms with Crippen LogP contribution in [0.5, 0.6) is 0 Å². The highest BCUT2D eigenvalue weighted by Crippen LogP contribution is 2.27. The van der Waals surface area contributed by atoms with Gasteiger partial charge in [-0.2, -0.15) is 9.78 Å². The maximum absolute atomic E-state index is 12.4. The lowest BCUT2D eigenvalue weighted by Gasteiger charge is -2.05. The molecule has 0 aromatic carbocycles. The van der Waals surface area contributed by atoms with Crippen LogP contribution in [0.2, 0.25) is 0 Å². The molecular formula is C16H16BrN7O5. The van der Waals surface area contributed by atoms with Crippen LogP contribution in [0.4, 0.5) is 11.5 Å². The number of nitrogens with one attached hydrogen (secondary N) is 2. The highest BCUT2D eigenvalue weighted by molar-refractivity contribution is 9.10. The lowest BCUT2D eigenvalue weighted by molar-refractivity contribution is -0.390. The fourth-order valence-corrected chi connectivity index (χ4v) is 2.95. The number of nitro groups is 1. The van der Waals surface area contributed by atoms with Gasteiger partial charge in [-0.1, -0.05) is 0 Å². The molecule has 0 atom stereocenters. The Bertz CT molecular complexity index is 1070. The summed E-state index contributed by atoms with van der Waals surface area (Å²) in [5.74, 6) is -0.826. The van der Waals surface area contributed by atoms with Gasteiger partial charge in [-0.25, -0.2) is 0 Å². The van der Waals surface area contributed by atoms with Crippen LogP contribution in [-0.2, 0) is 24.9 Å². The largest absolute Gasteiger partial charge is 0.467 e. The summed E-state index contributed by atoms with van der Waals surface area (Å²) in [7, 11) is 1.61. The normalized spacial score (nSPS) is 10.7. The van der Waals surface area contributed by atoms with E-state index in [1.54, 1.807) is 26.1 Å². The van der Waals surface area contributed by atoms with E-state index in [4.69, 9.17) is 4.42 Å². The first-order chi connectivity index (χ1) is 13.8. The van der Waals surface area contributed by atoms with E-state index in [1.807, 2.05) is 0 Å². The molecule has 2 N–H and O–H groups in total. The van der Waals surface area contributed by atoms with E-state index in [0.717, 1.165) is 0 Å². The van der Waals surface area contributed by atoms with Gasteiger partial charge in [0, 0.05) is 13.2 Å². The predicted octanol–water partition coefficient (Wildman–Crippen LogP) is 1.76. The Morgan fingerprint density at radius 1 is 1.38 bits per heavy atom. The third-order valence-electron chi connectivity index (χ3n) is 3.90. The maximum atomic E-state index is 12.4. The summed E-state index contributed by atoms with van der Waals surface area (Å²) in [5.41, 5.74) is 0.652. The van der Waals surface area contributed by atoms with Crippen molar-refractivity contribution in [3.05, 3.63) is 56.3 Å². The van der Waals surface area contributed by atoms with Crippen molar-refractivity contribution in [2.24, 2.45) is 7.05 Å². The number of anilines is 1. The second kappa shape index (κ2) is 8.26. The zero-order valence-electron chi connectivity index (χ0n) is 15.4.